The third kappa shape index (κ3) is 6.87. The number of ether oxygens (including phenoxy) is 4. The van der Waals surface area contributed by atoms with Crippen LogP contribution in [0.3, 0.4) is 0 Å². The lowest BCUT2D eigenvalue weighted by Gasteiger charge is -2.45. The summed E-state index contributed by atoms with van der Waals surface area (Å²) in [5, 5.41) is 0.170. The molecule has 0 N–H and O–H groups in total. The van der Waals surface area contributed by atoms with E-state index in [0.717, 1.165) is 12.0 Å². The molecular formula is C23H46O5Si. The van der Waals surface area contributed by atoms with Gasteiger partial charge in [0.05, 0.1) is 19.3 Å². The van der Waals surface area contributed by atoms with E-state index >= 15 is 0 Å². The summed E-state index contributed by atoms with van der Waals surface area (Å²) in [6, 6.07) is 0. The predicted molar refractivity (Wildman–Crippen MR) is 121 cm³/mol. The van der Waals surface area contributed by atoms with Crippen LogP contribution in [0.5, 0.6) is 0 Å². The second-order valence-corrected chi connectivity index (χ2v) is 15.2. The molecule has 0 amide bonds. The van der Waals surface area contributed by atoms with Crippen molar-refractivity contribution in [2.75, 3.05) is 33.7 Å². The number of allylic oxidation sites excluding steroid dienone is 1. The van der Waals surface area contributed by atoms with Crippen molar-refractivity contribution in [2.24, 2.45) is 17.8 Å². The first-order valence-electron chi connectivity index (χ1n) is 10.9. The lowest BCUT2D eigenvalue weighted by Crippen LogP contribution is -2.53. The van der Waals surface area contributed by atoms with Gasteiger partial charge in [0.2, 0.25) is 0 Å². The third-order valence-corrected chi connectivity index (χ3v) is 11.2. The van der Waals surface area contributed by atoms with Crippen LogP contribution in [0.4, 0.5) is 0 Å². The first-order chi connectivity index (χ1) is 13.3. The maximum absolute atomic E-state index is 6.53. The zero-order valence-corrected chi connectivity index (χ0v) is 21.6. The molecule has 6 heteroatoms. The van der Waals surface area contributed by atoms with Gasteiger partial charge in [0.1, 0.15) is 6.79 Å². The van der Waals surface area contributed by atoms with Crippen LogP contribution in [-0.2, 0) is 23.4 Å². The Bertz CT molecular complexity index is 508. The van der Waals surface area contributed by atoms with Crippen molar-refractivity contribution in [3.05, 3.63) is 12.2 Å². The first-order valence-corrected chi connectivity index (χ1v) is 13.9. The van der Waals surface area contributed by atoms with Gasteiger partial charge in [-0.25, -0.2) is 0 Å². The molecule has 0 aromatic carbocycles. The highest BCUT2D eigenvalue weighted by Gasteiger charge is 2.51. The van der Waals surface area contributed by atoms with Crippen molar-refractivity contribution in [3.8, 4) is 0 Å². The van der Waals surface area contributed by atoms with Crippen LogP contribution < -0.4 is 0 Å². The second kappa shape index (κ2) is 10.9. The van der Waals surface area contributed by atoms with Crippen LogP contribution in [0.1, 0.15) is 54.9 Å². The van der Waals surface area contributed by atoms with Crippen LogP contribution in [-0.4, -0.2) is 53.9 Å². The Hall–Kier alpha value is -0.243. The summed E-state index contributed by atoms with van der Waals surface area (Å²) in [5.74, 6) is -0.340. The fourth-order valence-corrected chi connectivity index (χ4v) is 5.05. The van der Waals surface area contributed by atoms with Gasteiger partial charge in [0.25, 0.3) is 0 Å². The van der Waals surface area contributed by atoms with E-state index in [0.29, 0.717) is 19.8 Å². The van der Waals surface area contributed by atoms with Gasteiger partial charge in [-0.2, -0.15) is 0 Å². The van der Waals surface area contributed by atoms with Crippen molar-refractivity contribution >= 4 is 8.32 Å². The Morgan fingerprint density at radius 3 is 2.14 bits per heavy atom. The third-order valence-electron chi connectivity index (χ3n) is 6.66. The SMILES string of the molecule is C=C(C)C[C@H](C)[C@@H](OCOC)[C@H](C)C1([C@H](C)CO[Si](C)(C)C(C)(C)C)OCCO1. The minimum atomic E-state index is -1.85. The average Bonchev–Trinajstić information content (AvgIpc) is 3.09. The topological polar surface area (TPSA) is 46.2 Å². The summed E-state index contributed by atoms with van der Waals surface area (Å²) in [7, 11) is -0.200. The van der Waals surface area contributed by atoms with Gasteiger partial charge >= 0.3 is 0 Å². The van der Waals surface area contributed by atoms with Crippen molar-refractivity contribution in [3.63, 3.8) is 0 Å². The molecule has 1 rings (SSSR count). The van der Waals surface area contributed by atoms with E-state index in [1.807, 2.05) is 0 Å². The fraction of sp³-hybridized carbons (Fsp3) is 0.913. The number of hydrogen-bond donors (Lipinski definition) is 0. The highest BCUT2D eigenvalue weighted by atomic mass is 28.4. The van der Waals surface area contributed by atoms with Gasteiger partial charge in [-0.3, -0.25) is 0 Å². The van der Waals surface area contributed by atoms with Crippen LogP contribution in [0.25, 0.3) is 0 Å². The number of hydrogen-bond acceptors (Lipinski definition) is 5. The van der Waals surface area contributed by atoms with Crippen LogP contribution in [0.2, 0.25) is 18.1 Å². The van der Waals surface area contributed by atoms with Crippen molar-refractivity contribution < 1.29 is 23.4 Å². The summed E-state index contributed by atoms with van der Waals surface area (Å²) >= 11 is 0. The second-order valence-electron chi connectivity index (χ2n) is 10.4. The molecular weight excluding hydrogens is 384 g/mol. The van der Waals surface area contributed by atoms with Gasteiger partial charge < -0.3 is 23.4 Å². The van der Waals surface area contributed by atoms with Crippen molar-refractivity contribution in [2.45, 2.75) is 84.9 Å². The quantitative estimate of drug-likeness (QED) is 0.229. The minimum absolute atomic E-state index is 0.0208. The van der Waals surface area contributed by atoms with Gasteiger partial charge in [-0.05, 0) is 37.4 Å². The van der Waals surface area contributed by atoms with Crippen molar-refractivity contribution in [1.29, 1.82) is 0 Å². The maximum Gasteiger partial charge on any atom is 0.191 e. The Morgan fingerprint density at radius 2 is 1.69 bits per heavy atom. The zero-order valence-electron chi connectivity index (χ0n) is 20.6. The molecule has 29 heavy (non-hydrogen) atoms. The molecule has 1 heterocycles. The smallest absolute Gasteiger partial charge is 0.191 e. The van der Waals surface area contributed by atoms with E-state index in [1.54, 1.807) is 7.11 Å². The van der Waals surface area contributed by atoms with Gasteiger partial charge in [-0.15, -0.1) is 6.58 Å². The maximum atomic E-state index is 6.53. The summed E-state index contributed by atoms with van der Waals surface area (Å²) < 4.78 is 30.5. The highest BCUT2D eigenvalue weighted by molar-refractivity contribution is 6.74. The van der Waals surface area contributed by atoms with E-state index in [2.05, 4.69) is 68.1 Å². The lowest BCUT2D eigenvalue weighted by molar-refractivity contribution is -0.261. The van der Waals surface area contributed by atoms with Crippen LogP contribution in [0.15, 0.2) is 12.2 Å². The zero-order chi connectivity index (χ0) is 22.5. The van der Waals surface area contributed by atoms with E-state index in [1.165, 1.54) is 0 Å². The molecule has 172 valence electrons. The average molecular weight is 431 g/mol. The lowest BCUT2D eigenvalue weighted by atomic mass is 9.79. The first kappa shape index (κ1) is 26.8. The van der Waals surface area contributed by atoms with Gasteiger partial charge in [0.15, 0.2) is 14.1 Å². The molecule has 1 fully saturated rings. The molecule has 0 aliphatic carbocycles. The van der Waals surface area contributed by atoms with E-state index in [4.69, 9.17) is 23.4 Å². The molecule has 0 spiro atoms. The summed E-state index contributed by atoms with van der Waals surface area (Å²) in [6.07, 6.45) is 0.823. The van der Waals surface area contributed by atoms with Gasteiger partial charge in [0, 0.05) is 25.6 Å². The Labute approximate surface area is 180 Å². The monoisotopic (exact) mass is 430 g/mol. The molecule has 0 aromatic rings. The largest absolute Gasteiger partial charge is 0.416 e. The molecule has 5 nitrogen and oxygen atoms in total. The highest BCUT2D eigenvalue weighted by Crippen LogP contribution is 2.42. The van der Waals surface area contributed by atoms with E-state index < -0.39 is 14.1 Å². The Morgan fingerprint density at radius 1 is 1.14 bits per heavy atom. The standard InChI is InChI=1S/C23H46O5Si/c1-17(2)14-18(3)21(25-16-24-9)20(5)23(26-12-13-27-23)19(4)15-28-29(10,11)22(6,7)8/h18-21H,1,12-16H2,2-11H3/t18-,19+,20-,21+/m0/s1. The minimum Gasteiger partial charge on any atom is -0.416 e. The van der Waals surface area contributed by atoms with Crippen LogP contribution in [0, 0.1) is 17.8 Å². The molecule has 1 saturated heterocycles. The molecule has 1 aliphatic rings. The number of methoxy groups -OCH3 is 1. The summed E-state index contributed by atoms with van der Waals surface area (Å²) in [4.78, 5) is 0. The summed E-state index contributed by atoms with van der Waals surface area (Å²) in [6.45, 7) is 26.1. The van der Waals surface area contributed by atoms with Crippen LogP contribution >= 0.6 is 0 Å². The normalized spacial score (nSPS) is 21.6. The molecule has 0 saturated carbocycles. The Balaban J connectivity index is 3.04. The fourth-order valence-electron chi connectivity index (χ4n) is 3.95. The molecule has 0 radical (unpaired) electrons. The van der Waals surface area contributed by atoms with E-state index in [-0.39, 0.29) is 35.7 Å². The molecule has 0 unspecified atom stereocenters. The predicted octanol–water partition coefficient (Wildman–Crippen LogP) is 5.61. The molecule has 0 bridgehead atoms. The number of rotatable bonds is 12. The van der Waals surface area contributed by atoms with Crippen molar-refractivity contribution in [1.82, 2.24) is 0 Å². The molecule has 4 atom stereocenters. The molecule has 0 aromatic heterocycles. The summed E-state index contributed by atoms with van der Waals surface area (Å²) in [5.41, 5.74) is 1.15. The Kier molecular flexibility index (Phi) is 10.0. The van der Waals surface area contributed by atoms with E-state index in [9.17, 15) is 0 Å². The van der Waals surface area contributed by atoms with Gasteiger partial charge in [-0.1, -0.05) is 47.1 Å². The molecule has 1 aliphatic heterocycles.